The van der Waals surface area contributed by atoms with E-state index < -0.39 is 4.92 Å². The van der Waals surface area contributed by atoms with Gasteiger partial charge in [-0.15, -0.1) is 11.3 Å². The fraction of sp³-hybridized carbons (Fsp3) is 0.100. The molecule has 1 heterocycles. The molecule has 0 aliphatic carbocycles. The van der Waals surface area contributed by atoms with Crippen molar-refractivity contribution in [2.45, 2.75) is 6.92 Å². The number of nitro benzene ring substituents is 1. The second-order valence-corrected chi connectivity index (χ2v) is 3.53. The molecule has 1 aromatic heterocycles. The highest BCUT2D eigenvalue weighted by Crippen LogP contribution is 2.11. The zero-order chi connectivity index (χ0) is 11.1. The first-order chi connectivity index (χ1) is 7.20. The lowest BCUT2D eigenvalue weighted by molar-refractivity contribution is -0.384. The van der Waals surface area contributed by atoms with Crippen LogP contribution < -0.4 is 0 Å². The zero-order valence-electron chi connectivity index (χ0n) is 8.16. The molecule has 0 N–H and O–H groups in total. The van der Waals surface area contributed by atoms with Crippen molar-refractivity contribution in [3.63, 3.8) is 0 Å². The standard InChI is InChI=1S/C7H7NO2.C3H3NS/c1-6-3-2-4-7(5-6)8(9)10;1-2-5-3-4-1/h2-5H,1H3;1-3H. The molecule has 0 fully saturated rings. The molecule has 0 saturated heterocycles. The molecule has 0 aliphatic heterocycles. The third-order valence-corrected chi connectivity index (χ3v) is 2.08. The Morgan fingerprint density at radius 3 is 2.60 bits per heavy atom. The Balaban J connectivity index is 0.000000187. The molecule has 15 heavy (non-hydrogen) atoms. The Kier molecular flexibility index (Phi) is 4.43. The van der Waals surface area contributed by atoms with E-state index in [-0.39, 0.29) is 5.69 Å². The van der Waals surface area contributed by atoms with Crippen LogP contribution in [0.5, 0.6) is 0 Å². The van der Waals surface area contributed by atoms with Gasteiger partial charge in [0.25, 0.3) is 5.69 Å². The highest BCUT2D eigenvalue weighted by molar-refractivity contribution is 7.07. The monoisotopic (exact) mass is 222 g/mol. The van der Waals surface area contributed by atoms with Crippen LogP contribution in [0.1, 0.15) is 5.56 Å². The number of aromatic nitrogens is 1. The fourth-order valence-corrected chi connectivity index (χ4v) is 1.27. The SMILES string of the molecule is Cc1cccc([N+](=O)[O-])c1.c1cscn1. The molecule has 78 valence electrons. The number of aryl methyl sites for hydroxylation is 1. The van der Waals surface area contributed by atoms with Gasteiger partial charge in [0.05, 0.1) is 10.4 Å². The maximum Gasteiger partial charge on any atom is 0.269 e. The zero-order valence-corrected chi connectivity index (χ0v) is 8.98. The van der Waals surface area contributed by atoms with Crippen molar-refractivity contribution in [3.05, 3.63) is 57.0 Å². The third kappa shape index (κ3) is 4.33. The van der Waals surface area contributed by atoms with E-state index in [1.54, 1.807) is 35.2 Å². The molecule has 4 nitrogen and oxygen atoms in total. The summed E-state index contributed by atoms with van der Waals surface area (Å²) >= 11 is 1.60. The lowest BCUT2D eigenvalue weighted by Crippen LogP contribution is -1.86. The molecule has 1 aromatic carbocycles. The number of thiazole rings is 1. The topological polar surface area (TPSA) is 56.0 Å². The predicted molar refractivity (Wildman–Crippen MR) is 59.9 cm³/mol. The van der Waals surface area contributed by atoms with Gasteiger partial charge in [-0.25, -0.2) is 0 Å². The van der Waals surface area contributed by atoms with Gasteiger partial charge in [-0.1, -0.05) is 12.1 Å². The van der Waals surface area contributed by atoms with Gasteiger partial charge in [-0.2, -0.15) is 0 Å². The van der Waals surface area contributed by atoms with Crippen molar-refractivity contribution >= 4 is 17.0 Å². The quantitative estimate of drug-likeness (QED) is 0.550. The van der Waals surface area contributed by atoms with Crippen LogP contribution >= 0.6 is 11.3 Å². The molecule has 5 heteroatoms. The minimum atomic E-state index is -0.396. The summed E-state index contributed by atoms with van der Waals surface area (Å²) in [5, 5.41) is 12.1. The molecule has 0 amide bonds. The van der Waals surface area contributed by atoms with E-state index in [4.69, 9.17) is 0 Å². The molecule has 0 atom stereocenters. The van der Waals surface area contributed by atoms with E-state index in [1.807, 2.05) is 18.4 Å². The largest absolute Gasteiger partial charge is 0.269 e. The molecule has 2 rings (SSSR count). The minimum absolute atomic E-state index is 0.153. The van der Waals surface area contributed by atoms with E-state index >= 15 is 0 Å². The van der Waals surface area contributed by atoms with Gasteiger partial charge in [-0.3, -0.25) is 15.1 Å². The van der Waals surface area contributed by atoms with Crippen molar-refractivity contribution in [2.24, 2.45) is 0 Å². The first-order valence-electron chi connectivity index (χ1n) is 4.23. The molecule has 0 saturated carbocycles. The van der Waals surface area contributed by atoms with Crippen molar-refractivity contribution in [1.29, 1.82) is 0 Å². The molecule has 0 radical (unpaired) electrons. The van der Waals surface area contributed by atoms with Gasteiger partial charge in [0.15, 0.2) is 0 Å². The lowest BCUT2D eigenvalue weighted by Gasteiger charge is -1.90. The number of benzene rings is 1. The van der Waals surface area contributed by atoms with Crippen LogP contribution in [0.25, 0.3) is 0 Å². The Hall–Kier alpha value is -1.75. The van der Waals surface area contributed by atoms with Crippen molar-refractivity contribution in [1.82, 2.24) is 4.98 Å². The molecular weight excluding hydrogens is 212 g/mol. The fourth-order valence-electron chi connectivity index (χ4n) is 0.917. The maximum atomic E-state index is 10.2. The Labute approximate surface area is 91.4 Å². The van der Waals surface area contributed by atoms with Crippen LogP contribution in [0.3, 0.4) is 0 Å². The van der Waals surface area contributed by atoms with E-state index in [1.165, 1.54) is 6.07 Å². The molecule has 0 spiro atoms. The molecule has 2 aromatic rings. The van der Waals surface area contributed by atoms with Crippen LogP contribution in [0.4, 0.5) is 5.69 Å². The predicted octanol–water partition coefficient (Wildman–Crippen LogP) is 3.05. The summed E-state index contributed by atoms with van der Waals surface area (Å²) in [5.41, 5.74) is 2.86. The number of hydrogen-bond donors (Lipinski definition) is 0. The highest BCUT2D eigenvalue weighted by atomic mass is 32.1. The van der Waals surface area contributed by atoms with Gasteiger partial charge in [0.1, 0.15) is 0 Å². The smallest absolute Gasteiger partial charge is 0.258 e. The van der Waals surface area contributed by atoms with Gasteiger partial charge in [0, 0.05) is 23.7 Å². The summed E-state index contributed by atoms with van der Waals surface area (Å²) < 4.78 is 0. The maximum absolute atomic E-state index is 10.2. The number of hydrogen-bond acceptors (Lipinski definition) is 4. The second kappa shape index (κ2) is 5.87. The van der Waals surface area contributed by atoms with Crippen LogP contribution in [0.2, 0.25) is 0 Å². The molecular formula is C10H10N2O2S. The molecule has 0 bridgehead atoms. The summed E-state index contributed by atoms with van der Waals surface area (Å²) in [6.07, 6.45) is 1.77. The summed E-state index contributed by atoms with van der Waals surface area (Å²) in [4.78, 5) is 13.5. The molecule has 0 unspecified atom stereocenters. The van der Waals surface area contributed by atoms with Crippen molar-refractivity contribution < 1.29 is 4.92 Å². The summed E-state index contributed by atoms with van der Waals surface area (Å²) in [6, 6.07) is 6.52. The van der Waals surface area contributed by atoms with Gasteiger partial charge < -0.3 is 0 Å². The van der Waals surface area contributed by atoms with Crippen molar-refractivity contribution in [2.75, 3.05) is 0 Å². The number of rotatable bonds is 1. The van der Waals surface area contributed by atoms with Gasteiger partial charge in [-0.05, 0) is 12.5 Å². The van der Waals surface area contributed by atoms with Crippen LogP contribution in [0, 0.1) is 17.0 Å². The first kappa shape index (κ1) is 11.3. The van der Waals surface area contributed by atoms with Gasteiger partial charge in [0.2, 0.25) is 0 Å². The first-order valence-corrected chi connectivity index (χ1v) is 5.17. The Bertz CT molecular complexity index is 398. The van der Waals surface area contributed by atoms with Crippen LogP contribution in [-0.2, 0) is 0 Å². The number of non-ortho nitro benzene ring substituents is 1. The second-order valence-electron chi connectivity index (χ2n) is 2.77. The minimum Gasteiger partial charge on any atom is -0.258 e. The summed E-state index contributed by atoms with van der Waals surface area (Å²) in [5.74, 6) is 0. The van der Waals surface area contributed by atoms with E-state index in [2.05, 4.69) is 4.98 Å². The van der Waals surface area contributed by atoms with E-state index in [0.29, 0.717) is 0 Å². The van der Waals surface area contributed by atoms with E-state index in [9.17, 15) is 10.1 Å². The Morgan fingerprint density at radius 1 is 1.47 bits per heavy atom. The summed E-state index contributed by atoms with van der Waals surface area (Å²) in [6.45, 7) is 1.83. The van der Waals surface area contributed by atoms with Crippen LogP contribution in [-0.4, -0.2) is 9.91 Å². The van der Waals surface area contributed by atoms with E-state index in [0.717, 1.165) is 5.56 Å². The lowest BCUT2D eigenvalue weighted by atomic mass is 10.2. The average molecular weight is 222 g/mol. The highest BCUT2D eigenvalue weighted by Gasteiger charge is 2.01. The van der Waals surface area contributed by atoms with Crippen molar-refractivity contribution in [3.8, 4) is 0 Å². The molecule has 0 aliphatic rings. The van der Waals surface area contributed by atoms with Crippen LogP contribution in [0.15, 0.2) is 41.4 Å². The number of nitrogens with zero attached hydrogens (tertiary/aromatic N) is 2. The van der Waals surface area contributed by atoms with Gasteiger partial charge >= 0.3 is 0 Å². The summed E-state index contributed by atoms with van der Waals surface area (Å²) in [7, 11) is 0. The third-order valence-electron chi connectivity index (χ3n) is 1.56. The Morgan fingerprint density at radius 2 is 2.27 bits per heavy atom. The average Bonchev–Trinajstić information content (AvgIpc) is 2.75. The number of nitro groups is 1. The normalized spacial score (nSPS) is 8.87.